The predicted molar refractivity (Wildman–Crippen MR) is 94.0 cm³/mol. The van der Waals surface area contributed by atoms with Gasteiger partial charge < -0.3 is 5.32 Å². The van der Waals surface area contributed by atoms with E-state index in [0.717, 1.165) is 17.0 Å². The molecule has 0 saturated heterocycles. The first-order chi connectivity index (χ1) is 11.6. The first kappa shape index (κ1) is 16.2. The summed E-state index contributed by atoms with van der Waals surface area (Å²) in [5.41, 5.74) is 2.45. The first-order valence-corrected chi connectivity index (χ1v) is 8.02. The van der Waals surface area contributed by atoms with Crippen LogP contribution in [0.25, 0.3) is 11.4 Å². The Hall–Kier alpha value is -2.66. The van der Waals surface area contributed by atoms with E-state index >= 15 is 0 Å². The van der Waals surface area contributed by atoms with E-state index in [4.69, 9.17) is 11.6 Å². The van der Waals surface area contributed by atoms with Gasteiger partial charge in [-0.1, -0.05) is 48.0 Å². The van der Waals surface area contributed by atoms with Crippen molar-refractivity contribution in [3.63, 3.8) is 0 Å². The van der Waals surface area contributed by atoms with Gasteiger partial charge in [0.05, 0.1) is 0 Å². The van der Waals surface area contributed by atoms with Crippen molar-refractivity contribution in [1.82, 2.24) is 20.5 Å². The van der Waals surface area contributed by atoms with Gasteiger partial charge >= 0.3 is 0 Å². The van der Waals surface area contributed by atoms with Crippen LogP contribution < -0.4 is 5.32 Å². The molecule has 0 fully saturated rings. The lowest BCUT2D eigenvalue weighted by atomic mass is 10.1. The van der Waals surface area contributed by atoms with Crippen LogP contribution in [0.5, 0.6) is 0 Å². The van der Waals surface area contributed by atoms with Gasteiger partial charge in [-0.3, -0.25) is 9.89 Å². The molecule has 0 radical (unpaired) electrons. The van der Waals surface area contributed by atoms with Gasteiger partial charge in [0.2, 0.25) is 0 Å². The molecule has 1 aromatic heterocycles. The molecule has 0 aliphatic rings. The largest absolute Gasteiger partial charge is 0.352 e. The zero-order valence-corrected chi connectivity index (χ0v) is 14.0. The van der Waals surface area contributed by atoms with E-state index in [1.54, 1.807) is 12.1 Å². The second-order valence-electron chi connectivity index (χ2n) is 5.44. The normalized spacial score (nSPS) is 10.6. The molecule has 0 bridgehead atoms. The zero-order chi connectivity index (χ0) is 16.9. The smallest absolute Gasteiger partial charge is 0.251 e. The highest BCUT2D eigenvalue weighted by molar-refractivity contribution is 6.31. The molecule has 1 amide bonds. The van der Waals surface area contributed by atoms with E-state index in [2.05, 4.69) is 20.5 Å². The maximum absolute atomic E-state index is 12.1. The Morgan fingerprint density at radius 1 is 1.21 bits per heavy atom. The second kappa shape index (κ2) is 7.27. The van der Waals surface area contributed by atoms with Crippen molar-refractivity contribution in [2.24, 2.45) is 0 Å². The molecule has 2 N–H and O–H groups in total. The number of rotatable bonds is 5. The SMILES string of the molecule is Cc1ccc(C(=O)NCCc2nc(-c3ccccc3)n[nH]2)cc1Cl. The van der Waals surface area contributed by atoms with Crippen LogP contribution in [0, 0.1) is 6.92 Å². The van der Waals surface area contributed by atoms with E-state index in [1.807, 2.05) is 43.3 Å². The molecule has 6 heteroatoms. The fourth-order valence-electron chi connectivity index (χ4n) is 2.25. The number of nitrogens with zero attached hydrogens (tertiary/aromatic N) is 2. The number of amides is 1. The Bertz CT molecular complexity index is 845. The molecule has 0 aliphatic carbocycles. The fourth-order valence-corrected chi connectivity index (χ4v) is 2.43. The van der Waals surface area contributed by atoms with Gasteiger partial charge in [0.1, 0.15) is 5.82 Å². The van der Waals surface area contributed by atoms with Crippen LogP contribution >= 0.6 is 11.6 Å². The average Bonchev–Trinajstić information content (AvgIpc) is 3.07. The summed E-state index contributed by atoms with van der Waals surface area (Å²) >= 11 is 6.05. The van der Waals surface area contributed by atoms with Gasteiger partial charge in [0.25, 0.3) is 5.91 Å². The Labute approximate surface area is 145 Å². The summed E-state index contributed by atoms with van der Waals surface area (Å²) in [6.45, 7) is 2.37. The van der Waals surface area contributed by atoms with Crippen LogP contribution in [-0.4, -0.2) is 27.6 Å². The number of halogens is 1. The van der Waals surface area contributed by atoms with Crippen molar-refractivity contribution < 1.29 is 4.79 Å². The number of aromatic nitrogens is 3. The molecule has 24 heavy (non-hydrogen) atoms. The molecule has 1 heterocycles. The minimum absolute atomic E-state index is 0.153. The van der Waals surface area contributed by atoms with E-state index in [9.17, 15) is 4.79 Å². The summed E-state index contributed by atoms with van der Waals surface area (Å²) in [4.78, 5) is 16.5. The number of H-pyrrole nitrogens is 1. The molecule has 5 nitrogen and oxygen atoms in total. The monoisotopic (exact) mass is 340 g/mol. The molecule has 3 rings (SSSR count). The highest BCUT2D eigenvalue weighted by Crippen LogP contribution is 2.16. The van der Waals surface area contributed by atoms with E-state index in [-0.39, 0.29) is 5.91 Å². The van der Waals surface area contributed by atoms with Crippen molar-refractivity contribution >= 4 is 17.5 Å². The summed E-state index contributed by atoms with van der Waals surface area (Å²) in [6, 6.07) is 15.0. The Morgan fingerprint density at radius 2 is 2.00 bits per heavy atom. The number of hydrogen-bond donors (Lipinski definition) is 2. The lowest BCUT2D eigenvalue weighted by Gasteiger charge is -2.05. The Balaban J connectivity index is 1.56. The van der Waals surface area contributed by atoms with Crippen molar-refractivity contribution in [2.45, 2.75) is 13.3 Å². The fraction of sp³-hybridized carbons (Fsp3) is 0.167. The molecule has 0 atom stereocenters. The minimum Gasteiger partial charge on any atom is -0.352 e. The number of aromatic amines is 1. The third kappa shape index (κ3) is 3.81. The Kier molecular flexibility index (Phi) is 4.91. The maximum atomic E-state index is 12.1. The number of carbonyl (C=O) groups excluding carboxylic acids is 1. The number of nitrogens with one attached hydrogen (secondary N) is 2. The lowest BCUT2D eigenvalue weighted by molar-refractivity contribution is 0.0954. The molecular weight excluding hydrogens is 324 g/mol. The van der Waals surface area contributed by atoms with Gasteiger partial charge in [-0.2, -0.15) is 5.10 Å². The molecule has 2 aromatic carbocycles. The quantitative estimate of drug-likeness (QED) is 0.747. The molecular formula is C18H17ClN4O. The summed E-state index contributed by atoms with van der Waals surface area (Å²) in [5, 5.41) is 10.5. The summed E-state index contributed by atoms with van der Waals surface area (Å²) in [7, 11) is 0. The lowest BCUT2D eigenvalue weighted by Crippen LogP contribution is -2.26. The van der Waals surface area contributed by atoms with Crippen molar-refractivity contribution in [1.29, 1.82) is 0 Å². The second-order valence-corrected chi connectivity index (χ2v) is 5.85. The topological polar surface area (TPSA) is 70.7 Å². The molecule has 122 valence electrons. The van der Waals surface area contributed by atoms with Crippen molar-refractivity contribution in [3.05, 3.63) is 70.5 Å². The standard InChI is InChI=1S/C18H17ClN4O/c1-12-7-8-14(11-15(12)19)18(24)20-10-9-16-21-17(23-22-16)13-5-3-2-4-6-13/h2-8,11H,9-10H2,1H3,(H,20,24)(H,21,22,23). The Morgan fingerprint density at radius 3 is 2.75 bits per heavy atom. The average molecular weight is 341 g/mol. The number of hydrogen-bond acceptors (Lipinski definition) is 3. The van der Waals surface area contributed by atoms with Crippen LogP contribution in [0.15, 0.2) is 48.5 Å². The predicted octanol–water partition coefficient (Wildman–Crippen LogP) is 3.41. The van der Waals surface area contributed by atoms with E-state index in [0.29, 0.717) is 29.4 Å². The number of aryl methyl sites for hydroxylation is 1. The molecule has 0 saturated carbocycles. The molecule has 0 aliphatic heterocycles. The third-order valence-electron chi connectivity index (χ3n) is 3.65. The highest BCUT2D eigenvalue weighted by atomic mass is 35.5. The van der Waals surface area contributed by atoms with Gasteiger partial charge in [-0.25, -0.2) is 4.98 Å². The number of carbonyl (C=O) groups is 1. The summed E-state index contributed by atoms with van der Waals surface area (Å²) in [5.74, 6) is 1.23. The van der Waals surface area contributed by atoms with Crippen molar-refractivity contribution in [2.75, 3.05) is 6.54 Å². The van der Waals surface area contributed by atoms with Gasteiger partial charge in [0.15, 0.2) is 5.82 Å². The molecule has 0 unspecified atom stereocenters. The van der Waals surface area contributed by atoms with Crippen LogP contribution in [0.4, 0.5) is 0 Å². The highest BCUT2D eigenvalue weighted by Gasteiger charge is 2.09. The summed E-state index contributed by atoms with van der Waals surface area (Å²) in [6.07, 6.45) is 0.575. The van der Waals surface area contributed by atoms with E-state index in [1.165, 1.54) is 0 Å². The van der Waals surface area contributed by atoms with Crippen LogP contribution in [-0.2, 0) is 6.42 Å². The molecule has 0 spiro atoms. The van der Waals surface area contributed by atoms with Crippen LogP contribution in [0.3, 0.4) is 0 Å². The van der Waals surface area contributed by atoms with Gasteiger partial charge in [-0.05, 0) is 24.6 Å². The van der Waals surface area contributed by atoms with Crippen LogP contribution in [0.1, 0.15) is 21.7 Å². The number of benzene rings is 2. The molecule has 3 aromatic rings. The maximum Gasteiger partial charge on any atom is 0.251 e. The van der Waals surface area contributed by atoms with Crippen LogP contribution in [0.2, 0.25) is 5.02 Å². The first-order valence-electron chi connectivity index (χ1n) is 7.64. The third-order valence-corrected chi connectivity index (χ3v) is 4.05. The minimum atomic E-state index is -0.153. The van der Waals surface area contributed by atoms with Gasteiger partial charge in [0, 0.05) is 29.1 Å². The van der Waals surface area contributed by atoms with Gasteiger partial charge in [-0.15, -0.1) is 0 Å². The zero-order valence-electron chi connectivity index (χ0n) is 13.2. The summed E-state index contributed by atoms with van der Waals surface area (Å²) < 4.78 is 0. The van der Waals surface area contributed by atoms with Crippen molar-refractivity contribution in [3.8, 4) is 11.4 Å². The van der Waals surface area contributed by atoms with E-state index < -0.39 is 0 Å².